The summed E-state index contributed by atoms with van der Waals surface area (Å²) in [6.07, 6.45) is 2.38. The summed E-state index contributed by atoms with van der Waals surface area (Å²) in [6.45, 7) is 11.7. The minimum Gasteiger partial charge on any atom is -0.315 e. The lowest BCUT2D eigenvalue weighted by atomic mass is 10.2. The van der Waals surface area contributed by atoms with Gasteiger partial charge in [-0.05, 0) is 58.1 Å². The van der Waals surface area contributed by atoms with E-state index in [-0.39, 0.29) is 0 Å². The van der Waals surface area contributed by atoms with E-state index in [2.05, 4.69) is 51.0 Å². The summed E-state index contributed by atoms with van der Waals surface area (Å²) in [5.41, 5.74) is 2.28. The molecular formula is C17H31N5. The van der Waals surface area contributed by atoms with Crippen molar-refractivity contribution in [1.82, 2.24) is 25.8 Å². The third kappa shape index (κ3) is 7.31. The Morgan fingerprint density at radius 1 is 0.909 bits per heavy atom. The lowest BCUT2D eigenvalue weighted by Crippen LogP contribution is -2.36. The van der Waals surface area contributed by atoms with Crippen molar-refractivity contribution in [3.63, 3.8) is 0 Å². The zero-order valence-electron chi connectivity index (χ0n) is 13.9. The van der Waals surface area contributed by atoms with Crippen LogP contribution < -0.4 is 16.0 Å². The molecule has 0 radical (unpaired) electrons. The van der Waals surface area contributed by atoms with E-state index in [1.54, 1.807) is 0 Å². The van der Waals surface area contributed by atoms with Crippen molar-refractivity contribution >= 4 is 0 Å². The van der Waals surface area contributed by atoms with Crippen LogP contribution >= 0.6 is 0 Å². The molecule has 5 nitrogen and oxygen atoms in total. The van der Waals surface area contributed by atoms with Gasteiger partial charge in [-0.3, -0.25) is 9.88 Å². The van der Waals surface area contributed by atoms with E-state index >= 15 is 0 Å². The van der Waals surface area contributed by atoms with Gasteiger partial charge in [-0.25, -0.2) is 0 Å². The third-order valence-corrected chi connectivity index (χ3v) is 3.95. The van der Waals surface area contributed by atoms with Crippen molar-refractivity contribution < 1.29 is 0 Å². The molecular weight excluding hydrogens is 274 g/mol. The standard InChI is InChI=1S/C17H31N5/c1-16-5-2-6-17(21-16)15-22-13-4-9-19-11-10-18-7-3-8-20-12-14-22/h2,5-6,18-20H,3-4,7-15H2,1H3. The zero-order chi connectivity index (χ0) is 15.5. The van der Waals surface area contributed by atoms with Crippen LogP contribution in [0.25, 0.3) is 0 Å². The minimum atomic E-state index is 0.949. The second-order valence-electron chi connectivity index (χ2n) is 6.00. The number of nitrogens with one attached hydrogen (secondary N) is 3. The second kappa shape index (κ2) is 10.7. The van der Waals surface area contributed by atoms with Gasteiger partial charge < -0.3 is 16.0 Å². The topological polar surface area (TPSA) is 52.2 Å². The van der Waals surface area contributed by atoms with Gasteiger partial charge in [0.25, 0.3) is 0 Å². The molecule has 0 saturated carbocycles. The van der Waals surface area contributed by atoms with E-state index in [1.165, 1.54) is 18.5 Å². The van der Waals surface area contributed by atoms with Crippen LogP contribution in [0.4, 0.5) is 0 Å². The highest BCUT2D eigenvalue weighted by Gasteiger charge is 2.07. The fraction of sp³-hybridized carbons (Fsp3) is 0.706. The van der Waals surface area contributed by atoms with Crippen LogP contribution in [0, 0.1) is 6.92 Å². The number of hydrogen-bond acceptors (Lipinski definition) is 5. The molecule has 1 fully saturated rings. The van der Waals surface area contributed by atoms with E-state index in [1.807, 2.05) is 0 Å². The molecule has 124 valence electrons. The molecule has 2 heterocycles. The molecule has 1 saturated heterocycles. The molecule has 0 bridgehead atoms. The van der Waals surface area contributed by atoms with Crippen LogP contribution in [-0.2, 0) is 6.54 Å². The van der Waals surface area contributed by atoms with Crippen molar-refractivity contribution in [2.24, 2.45) is 0 Å². The first-order chi connectivity index (χ1) is 10.8. The summed E-state index contributed by atoms with van der Waals surface area (Å²) >= 11 is 0. The number of rotatable bonds is 2. The van der Waals surface area contributed by atoms with Gasteiger partial charge in [0, 0.05) is 38.4 Å². The summed E-state index contributed by atoms with van der Waals surface area (Å²) in [6, 6.07) is 6.30. The van der Waals surface area contributed by atoms with Gasteiger partial charge in [-0.2, -0.15) is 0 Å². The van der Waals surface area contributed by atoms with Crippen LogP contribution in [0.1, 0.15) is 24.2 Å². The highest BCUT2D eigenvalue weighted by molar-refractivity contribution is 5.09. The SMILES string of the molecule is Cc1cccc(CN2CCCNCCNCCCNCC2)n1. The number of nitrogens with zero attached hydrogens (tertiary/aromatic N) is 2. The van der Waals surface area contributed by atoms with Crippen molar-refractivity contribution in [3.8, 4) is 0 Å². The maximum Gasteiger partial charge on any atom is 0.0547 e. The van der Waals surface area contributed by atoms with E-state index in [0.29, 0.717) is 0 Å². The number of pyridine rings is 1. The normalized spacial score (nSPS) is 20.4. The molecule has 1 aromatic rings. The highest BCUT2D eigenvalue weighted by Crippen LogP contribution is 2.04. The Morgan fingerprint density at radius 3 is 2.41 bits per heavy atom. The van der Waals surface area contributed by atoms with Gasteiger partial charge in [0.05, 0.1) is 5.69 Å². The summed E-state index contributed by atoms with van der Waals surface area (Å²) in [7, 11) is 0. The van der Waals surface area contributed by atoms with E-state index in [9.17, 15) is 0 Å². The van der Waals surface area contributed by atoms with Crippen LogP contribution in [0.3, 0.4) is 0 Å². The highest BCUT2D eigenvalue weighted by atomic mass is 15.1. The average molecular weight is 305 g/mol. The van der Waals surface area contributed by atoms with Crippen molar-refractivity contribution in [2.75, 3.05) is 52.4 Å². The smallest absolute Gasteiger partial charge is 0.0547 e. The Balaban J connectivity index is 1.82. The van der Waals surface area contributed by atoms with E-state index in [0.717, 1.165) is 64.6 Å². The van der Waals surface area contributed by atoms with Gasteiger partial charge in [0.1, 0.15) is 0 Å². The van der Waals surface area contributed by atoms with Gasteiger partial charge in [0.2, 0.25) is 0 Å². The minimum absolute atomic E-state index is 0.949. The molecule has 0 spiro atoms. The molecule has 1 aromatic heterocycles. The molecule has 1 aliphatic heterocycles. The number of aryl methyl sites for hydroxylation is 1. The largest absolute Gasteiger partial charge is 0.315 e. The Hall–Kier alpha value is -1.01. The Labute approximate surface area is 134 Å². The molecule has 1 aliphatic rings. The first-order valence-electron chi connectivity index (χ1n) is 8.61. The lowest BCUT2D eigenvalue weighted by molar-refractivity contribution is 0.257. The van der Waals surface area contributed by atoms with Crippen molar-refractivity contribution in [2.45, 2.75) is 26.3 Å². The molecule has 0 atom stereocenters. The Kier molecular flexibility index (Phi) is 8.41. The quantitative estimate of drug-likeness (QED) is 0.753. The third-order valence-electron chi connectivity index (χ3n) is 3.95. The molecule has 3 N–H and O–H groups in total. The van der Waals surface area contributed by atoms with Crippen LogP contribution in [0.5, 0.6) is 0 Å². The van der Waals surface area contributed by atoms with Crippen LogP contribution in [0.15, 0.2) is 18.2 Å². The van der Waals surface area contributed by atoms with E-state index in [4.69, 9.17) is 0 Å². The van der Waals surface area contributed by atoms with Gasteiger partial charge in [-0.1, -0.05) is 6.07 Å². The van der Waals surface area contributed by atoms with Crippen molar-refractivity contribution in [3.05, 3.63) is 29.6 Å². The summed E-state index contributed by atoms with van der Waals surface area (Å²) < 4.78 is 0. The second-order valence-corrected chi connectivity index (χ2v) is 6.00. The van der Waals surface area contributed by atoms with Crippen LogP contribution in [0.2, 0.25) is 0 Å². The molecule has 5 heteroatoms. The molecule has 22 heavy (non-hydrogen) atoms. The summed E-state index contributed by atoms with van der Waals surface area (Å²) in [5.74, 6) is 0. The molecule has 0 unspecified atom stereocenters. The maximum atomic E-state index is 4.64. The molecule has 0 aliphatic carbocycles. The maximum absolute atomic E-state index is 4.64. The van der Waals surface area contributed by atoms with Gasteiger partial charge in [0.15, 0.2) is 0 Å². The fourth-order valence-electron chi connectivity index (χ4n) is 2.74. The first-order valence-corrected chi connectivity index (χ1v) is 8.61. The number of hydrogen-bond donors (Lipinski definition) is 3. The van der Waals surface area contributed by atoms with Gasteiger partial charge in [-0.15, -0.1) is 0 Å². The predicted octanol–water partition coefficient (Wildman–Crippen LogP) is 0.755. The summed E-state index contributed by atoms with van der Waals surface area (Å²) in [4.78, 5) is 7.15. The monoisotopic (exact) mass is 305 g/mol. The van der Waals surface area contributed by atoms with Crippen molar-refractivity contribution in [1.29, 1.82) is 0 Å². The fourth-order valence-corrected chi connectivity index (χ4v) is 2.74. The average Bonchev–Trinajstić information content (AvgIpc) is 2.51. The van der Waals surface area contributed by atoms with Gasteiger partial charge >= 0.3 is 0 Å². The zero-order valence-corrected chi connectivity index (χ0v) is 13.9. The molecule has 0 aromatic carbocycles. The van der Waals surface area contributed by atoms with Crippen LogP contribution in [-0.4, -0.2) is 62.2 Å². The summed E-state index contributed by atoms with van der Waals surface area (Å²) in [5, 5.41) is 10.5. The molecule has 2 rings (SSSR count). The van der Waals surface area contributed by atoms with E-state index < -0.39 is 0 Å². The predicted molar refractivity (Wildman–Crippen MR) is 92.1 cm³/mol. The Bertz CT molecular complexity index is 396. The first kappa shape index (κ1) is 17.3. The lowest BCUT2D eigenvalue weighted by Gasteiger charge is -2.23. The number of aromatic nitrogens is 1. The Morgan fingerprint density at radius 2 is 1.64 bits per heavy atom. The molecule has 0 amide bonds.